The molecule has 0 bridgehead atoms. The minimum atomic E-state index is -0.356. The van der Waals surface area contributed by atoms with Gasteiger partial charge in [0.15, 0.2) is 0 Å². The Bertz CT molecular complexity index is 433. The van der Waals surface area contributed by atoms with Gasteiger partial charge in [-0.1, -0.05) is 6.92 Å². The van der Waals surface area contributed by atoms with Crippen molar-refractivity contribution in [3.63, 3.8) is 0 Å². The van der Waals surface area contributed by atoms with E-state index in [2.05, 4.69) is 10.6 Å². The van der Waals surface area contributed by atoms with Crippen molar-refractivity contribution in [1.29, 1.82) is 0 Å². The van der Waals surface area contributed by atoms with Gasteiger partial charge in [-0.05, 0) is 56.6 Å². The topological polar surface area (TPSA) is 41.1 Å². The molecule has 1 aromatic rings. The zero-order valence-electron chi connectivity index (χ0n) is 10.8. The molecule has 0 unspecified atom stereocenters. The summed E-state index contributed by atoms with van der Waals surface area (Å²) in [4.78, 5) is 12.3. The third-order valence-corrected chi connectivity index (χ3v) is 3.56. The molecule has 1 saturated heterocycles. The fourth-order valence-electron chi connectivity index (χ4n) is 2.30. The maximum absolute atomic E-state index is 13.3. The SMILES string of the molecule is Cc1cc(F)cc(NC(=O)C2(C)CCNCC2)c1. The van der Waals surface area contributed by atoms with Crippen LogP contribution in [0.25, 0.3) is 0 Å². The van der Waals surface area contributed by atoms with E-state index in [0.717, 1.165) is 31.5 Å². The molecule has 0 saturated carbocycles. The predicted molar refractivity (Wildman–Crippen MR) is 70.0 cm³/mol. The van der Waals surface area contributed by atoms with Gasteiger partial charge in [0, 0.05) is 11.1 Å². The molecule has 1 heterocycles. The fraction of sp³-hybridized carbons (Fsp3) is 0.500. The van der Waals surface area contributed by atoms with Crippen molar-refractivity contribution in [3.8, 4) is 0 Å². The van der Waals surface area contributed by atoms with Gasteiger partial charge in [0.25, 0.3) is 0 Å². The number of hydrogen-bond donors (Lipinski definition) is 2. The second kappa shape index (κ2) is 5.06. The van der Waals surface area contributed by atoms with Crippen LogP contribution in [0.4, 0.5) is 10.1 Å². The summed E-state index contributed by atoms with van der Waals surface area (Å²) in [5, 5.41) is 6.06. The van der Waals surface area contributed by atoms with Crippen molar-refractivity contribution in [2.45, 2.75) is 26.7 Å². The molecule has 1 aliphatic heterocycles. The van der Waals surface area contributed by atoms with Gasteiger partial charge >= 0.3 is 0 Å². The van der Waals surface area contributed by atoms with Crippen LogP contribution in [-0.4, -0.2) is 19.0 Å². The Kier molecular flexibility index (Phi) is 3.66. The molecule has 2 rings (SSSR count). The van der Waals surface area contributed by atoms with E-state index < -0.39 is 0 Å². The minimum absolute atomic E-state index is 0.0194. The first-order valence-electron chi connectivity index (χ1n) is 6.29. The molecular formula is C14H19FN2O. The molecular weight excluding hydrogens is 231 g/mol. The van der Waals surface area contributed by atoms with Crippen molar-refractivity contribution >= 4 is 11.6 Å². The predicted octanol–water partition coefficient (Wildman–Crippen LogP) is 2.46. The number of anilines is 1. The van der Waals surface area contributed by atoms with Crippen molar-refractivity contribution in [3.05, 3.63) is 29.6 Å². The largest absolute Gasteiger partial charge is 0.326 e. The Morgan fingerprint density at radius 3 is 2.61 bits per heavy atom. The van der Waals surface area contributed by atoms with E-state index in [0.29, 0.717) is 5.69 Å². The van der Waals surface area contributed by atoms with E-state index >= 15 is 0 Å². The zero-order chi connectivity index (χ0) is 13.2. The Balaban J connectivity index is 2.10. The van der Waals surface area contributed by atoms with Crippen LogP contribution in [0, 0.1) is 18.2 Å². The maximum Gasteiger partial charge on any atom is 0.230 e. The molecule has 0 radical (unpaired) electrons. The number of carbonyl (C=O) groups excluding carboxylic acids is 1. The number of nitrogens with one attached hydrogen (secondary N) is 2. The smallest absolute Gasteiger partial charge is 0.230 e. The lowest BCUT2D eigenvalue weighted by Gasteiger charge is -2.32. The summed E-state index contributed by atoms with van der Waals surface area (Å²) >= 11 is 0. The van der Waals surface area contributed by atoms with Gasteiger partial charge in [0.1, 0.15) is 5.82 Å². The summed E-state index contributed by atoms with van der Waals surface area (Å²) in [6, 6.07) is 4.59. The Morgan fingerprint density at radius 2 is 2.00 bits per heavy atom. The number of hydrogen-bond acceptors (Lipinski definition) is 2. The Labute approximate surface area is 107 Å². The number of amides is 1. The molecule has 1 aliphatic rings. The van der Waals surface area contributed by atoms with Crippen LogP contribution >= 0.6 is 0 Å². The number of aryl methyl sites for hydroxylation is 1. The molecule has 1 amide bonds. The number of benzene rings is 1. The van der Waals surface area contributed by atoms with Crippen LogP contribution in [0.5, 0.6) is 0 Å². The lowest BCUT2D eigenvalue weighted by atomic mass is 9.80. The standard InChI is InChI=1S/C14H19FN2O/c1-10-7-11(15)9-12(8-10)17-13(18)14(2)3-5-16-6-4-14/h7-9,16H,3-6H2,1-2H3,(H,17,18). The molecule has 98 valence electrons. The van der Waals surface area contributed by atoms with Crippen LogP contribution in [-0.2, 0) is 4.79 Å². The average Bonchev–Trinajstić information content (AvgIpc) is 2.28. The van der Waals surface area contributed by atoms with Gasteiger partial charge in [0.05, 0.1) is 0 Å². The summed E-state index contributed by atoms with van der Waals surface area (Å²) in [6.45, 7) is 5.48. The van der Waals surface area contributed by atoms with Gasteiger partial charge in [-0.2, -0.15) is 0 Å². The highest BCUT2D eigenvalue weighted by atomic mass is 19.1. The summed E-state index contributed by atoms with van der Waals surface area (Å²) < 4.78 is 13.3. The highest BCUT2D eigenvalue weighted by molar-refractivity contribution is 5.95. The maximum atomic E-state index is 13.3. The Morgan fingerprint density at radius 1 is 1.33 bits per heavy atom. The summed E-state index contributed by atoms with van der Waals surface area (Å²) in [6.07, 6.45) is 1.63. The number of piperidine rings is 1. The van der Waals surface area contributed by atoms with Gasteiger partial charge in [-0.25, -0.2) is 4.39 Å². The highest BCUT2D eigenvalue weighted by Gasteiger charge is 2.34. The van der Waals surface area contributed by atoms with Crippen molar-refractivity contribution in [2.24, 2.45) is 5.41 Å². The number of carbonyl (C=O) groups is 1. The first-order chi connectivity index (χ1) is 8.49. The van der Waals surface area contributed by atoms with Crippen molar-refractivity contribution in [2.75, 3.05) is 18.4 Å². The summed E-state index contributed by atoms with van der Waals surface area (Å²) in [7, 11) is 0. The highest BCUT2D eigenvalue weighted by Crippen LogP contribution is 2.29. The second-order valence-electron chi connectivity index (χ2n) is 5.28. The molecule has 0 spiro atoms. The van der Waals surface area contributed by atoms with Crippen LogP contribution in [0.1, 0.15) is 25.3 Å². The van der Waals surface area contributed by atoms with Gasteiger partial charge < -0.3 is 10.6 Å². The average molecular weight is 250 g/mol. The monoisotopic (exact) mass is 250 g/mol. The number of halogens is 1. The van der Waals surface area contributed by atoms with E-state index in [4.69, 9.17) is 0 Å². The third-order valence-electron chi connectivity index (χ3n) is 3.56. The lowest BCUT2D eigenvalue weighted by molar-refractivity contribution is -0.126. The molecule has 2 N–H and O–H groups in total. The van der Waals surface area contributed by atoms with E-state index in [-0.39, 0.29) is 17.1 Å². The van der Waals surface area contributed by atoms with Crippen LogP contribution in [0.15, 0.2) is 18.2 Å². The molecule has 4 heteroatoms. The molecule has 0 aromatic heterocycles. The van der Waals surface area contributed by atoms with Gasteiger partial charge in [-0.3, -0.25) is 4.79 Å². The Hall–Kier alpha value is -1.42. The summed E-state index contributed by atoms with van der Waals surface area (Å²) in [5.74, 6) is -0.338. The summed E-state index contributed by atoms with van der Waals surface area (Å²) in [5.41, 5.74) is 0.990. The normalized spacial score (nSPS) is 18.4. The van der Waals surface area contributed by atoms with Crippen LogP contribution in [0.2, 0.25) is 0 Å². The van der Waals surface area contributed by atoms with Gasteiger partial charge in [-0.15, -0.1) is 0 Å². The van der Waals surface area contributed by atoms with Crippen LogP contribution in [0.3, 0.4) is 0 Å². The molecule has 1 aromatic carbocycles. The molecule has 0 aliphatic carbocycles. The number of rotatable bonds is 2. The van der Waals surface area contributed by atoms with Gasteiger partial charge in [0.2, 0.25) is 5.91 Å². The lowest BCUT2D eigenvalue weighted by Crippen LogP contribution is -2.42. The molecule has 18 heavy (non-hydrogen) atoms. The van der Waals surface area contributed by atoms with E-state index in [1.54, 1.807) is 6.07 Å². The molecule has 0 atom stereocenters. The third kappa shape index (κ3) is 2.88. The van der Waals surface area contributed by atoms with E-state index in [1.165, 1.54) is 12.1 Å². The van der Waals surface area contributed by atoms with Crippen molar-refractivity contribution in [1.82, 2.24) is 5.32 Å². The van der Waals surface area contributed by atoms with Crippen LogP contribution < -0.4 is 10.6 Å². The van der Waals surface area contributed by atoms with Crippen molar-refractivity contribution < 1.29 is 9.18 Å². The molecule has 1 fully saturated rings. The first-order valence-corrected chi connectivity index (χ1v) is 6.29. The molecule has 3 nitrogen and oxygen atoms in total. The van der Waals surface area contributed by atoms with E-state index in [1.807, 2.05) is 13.8 Å². The zero-order valence-corrected chi connectivity index (χ0v) is 10.8. The first kappa shape index (κ1) is 13.0. The quantitative estimate of drug-likeness (QED) is 0.846. The fourth-order valence-corrected chi connectivity index (χ4v) is 2.30. The second-order valence-corrected chi connectivity index (χ2v) is 5.28. The van der Waals surface area contributed by atoms with E-state index in [9.17, 15) is 9.18 Å². The minimum Gasteiger partial charge on any atom is -0.326 e.